The molecule has 9 nitrogen and oxygen atoms in total. The van der Waals surface area contributed by atoms with E-state index in [1.54, 1.807) is 0 Å². The summed E-state index contributed by atoms with van der Waals surface area (Å²) in [5.74, 6) is -0.805. The molecule has 2 unspecified atom stereocenters. The van der Waals surface area contributed by atoms with Crippen LogP contribution in [0.4, 0.5) is 0 Å². The molecule has 0 aromatic carbocycles. The number of phosphoric acid groups is 1. The molecule has 3 N–H and O–H groups in total. The molecule has 0 aliphatic carbocycles. The van der Waals surface area contributed by atoms with Crippen LogP contribution in [0.5, 0.6) is 0 Å². The topological polar surface area (TPSA) is 134 Å². The molecular weight excluding hydrogens is 906 g/mol. The summed E-state index contributed by atoms with van der Waals surface area (Å²) < 4.78 is 33.0. The molecule has 0 spiro atoms. The number of carbonyl (C=O) groups excluding carboxylic acids is 2. The number of nitrogens with two attached hydrogens (primary N) is 1. The number of esters is 2. The first kappa shape index (κ1) is 70.0. The molecule has 0 aromatic rings. The Morgan fingerprint density at radius 3 is 0.859 bits per heavy atom. The summed E-state index contributed by atoms with van der Waals surface area (Å²) in [4.78, 5) is 35.1. The van der Waals surface area contributed by atoms with Crippen LogP contribution in [0.3, 0.4) is 0 Å². The van der Waals surface area contributed by atoms with Crippen LogP contribution in [0.1, 0.15) is 348 Å². The van der Waals surface area contributed by atoms with Crippen LogP contribution < -0.4 is 5.73 Å². The van der Waals surface area contributed by atoms with E-state index in [-0.39, 0.29) is 38.6 Å². The molecule has 10 heteroatoms. The lowest BCUT2D eigenvalue weighted by atomic mass is 10.0. The van der Waals surface area contributed by atoms with Gasteiger partial charge >= 0.3 is 19.8 Å². The SMILES string of the molecule is CCCCCCCCCCCCCCCCCCCCCCCCCCCCCCCCCCCCCCCC(=O)OC(COC(=O)CCCCCCCCCCCCCCC)COP(=O)(O)OCCN. The Morgan fingerprint density at radius 1 is 0.366 bits per heavy atom. The lowest BCUT2D eigenvalue weighted by molar-refractivity contribution is -0.161. The molecule has 2 atom stereocenters. The zero-order valence-corrected chi connectivity index (χ0v) is 48.4. The predicted octanol–water partition coefficient (Wildman–Crippen LogP) is 19.9. The maximum Gasteiger partial charge on any atom is 0.472 e. The molecule has 0 amide bonds. The Balaban J connectivity index is 3.71. The summed E-state index contributed by atoms with van der Waals surface area (Å²) in [6.45, 7) is 3.81. The van der Waals surface area contributed by atoms with Crippen molar-refractivity contribution in [2.24, 2.45) is 5.73 Å². The summed E-state index contributed by atoms with van der Waals surface area (Å²) >= 11 is 0. The summed E-state index contributed by atoms with van der Waals surface area (Å²) in [6, 6.07) is 0. The van der Waals surface area contributed by atoms with Gasteiger partial charge in [-0.3, -0.25) is 18.6 Å². The highest BCUT2D eigenvalue weighted by Crippen LogP contribution is 2.43. The maximum absolute atomic E-state index is 12.7. The van der Waals surface area contributed by atoms with E-state index in [1.807, 2.05) is 0 Å². The van der Waals surface area contributed by atoms with E-state index in [4.69, 9.17) is 24.3 Å². The first-order valence-electron chi connectivity index (χ1n) is 31.5. The molecule has 0 heterocycles. The highest BCUT2D eigenvalue weighted by Gasteiger charge is 2.26. The zero-order valence-electron chi connectivity index (χ0n) is 47.5. The van der Waals surface area contributed by atoms with Gasteiger partial charge in [-0.1, -0.05) is 322 Å². The summed E-state index contributed by atoms with van der Waals surface area (Å²) in [5.41, 5.74) is 5.38. The van der Waals surface area contributed by atoms with Crippen molar-refractivity contribution in [2.45, 2.75) is 354 Å². The number of rotatable bonds is 61. The molecule has 0 aliphatic rings. The van der Waals surface area contributed by atoms with E-state index in [0.717, 1.165) is 32.1 Å². The monoisotopic (exact) mass is 1030 g/mol. The highest BCUT2D eigenvalue weighted by atomic mass is 31.2. The van der Waals surface area contributed by atoms with E-state index >= 15 is 0 Å². The van der Waals surface area contributed by atoms with Crippen molar-refractivity contribution in [3.05, 3.63) is 0 Å². The van der Waals surface area contributed by atoms with Gasteiger partial charge in [-0.15, -0.1) is 0 Å². The second kappa shape index (κ2) is 58.3. The summed E-state index contributed by atoms with van der Waals surface area (Å²) in [5, 5.41) is 0. The smallest absolute Gasteiger partial charge is 0.462 e. The van der Waals surface area contributed by atoms with Crippen LogP contribution in [-0.2, 0) is 32.7 Å². The van der Waals surface area contributed by atoms with Crippen molar-refractivity contribution in [3.63, 3.8) is 0 Å². The van der Waals surface area contributed by atoms with Crippen LogP contribution in [0.15, 0.2) is 0 Å². The van der Waals surface area contributed by atoms with E-state index in [0.29, 0.717) is 6.42 Å². The molecule has 71 heavy (non-hydrogen) atoms. The number of phosphoric ester groups is 1. The minimum absolute atomic E-state index is 0.0584. The fourth-order valence-corrected chi connectivity index (χ4v) is 10.6. The minimum Gasteiger partial charge on any atom is -0.462 e. The van der Waals surface area contributed by atoms with Crippen LogP contribution in [0.2, 0.25) is 0 Å². The molecule has 0 saturated carbocycles. The van der Waals surface area contributed by atoms with Gasteiger partial charge in [0.05, 0.1) is 13.2 Å². The minimum atomic E-state index is -4.38. The van der Waals surface area contributed by atoms with E-state index in [1.165, 1.54) is 283 Å². The molecule has 0 aliphatic heterocycles. The second-order valence-electron chi connectivity index (χ2n) is 21.7. The normalized spacial score (nSPS) is 12.9. The van der Waals surface area contributed by atoms with E-state index < -0.39 is 26.5 Å². The predicted molar refractivity (Wildman–Crippen MR) is 303 cm³/mol. The standard InChI is InChI=1S/C61H122NO8P/c1-3-5-7-9-11-13-15-17-18-19-20-21-22-23-24-25-26-27-28-29-30-31-32-33-34-35-36-37-38-39-40-42-44-46-48-50-52-54-61(64)70-59(58-69-71(65,66)68-56-55-62)57-67-60(63)53-51-49-47-45-43-41-16-14-12-10-8-6-4-2/h59H,3-58,62H2,1-2H3,(H,65,66). The van der Waals surface area contributed by atoms with Gasteiger partial charge in [0.15, 0.2) is 6.10 Å². The van der Waals surface area contributed by atoms with Crippen LogP contribution >= 0.6 is 7.82 Å². The third-order valence-electron chi connectivity index (χ3n) is 14.5. The van der Waals surface area contributed by atoms with Crippen molar-refractivity contribution >= 4 is 19.8 Å². The quantitative estimate of drug-likeness (QED) is 0.0347. The molecular formula is C61H122NO8P. The molecule has 0 aromatic heterocycles. The van der Waals surface area contributed by atoms with Crippen LogP contribution in [0.25, 0.3) is 0 Å². The van der Waals surface area contributed by atoms with Crippen LogP contribution in [0, 0.1) is 0 Å². The van der Waals surface area contributed by atoms with E-state index in [2.05, 4.69) is 13.8 Å². The lowest BCUT2D eigenvalue weighted by Crippen LogP contribution is -2.29. The van der Waals surface area contributed by atoms with Crippen molar-refractivity contribution < 1.29 is 37.6 Å². The van der Waals surface area contributed by atoms with Crippen molar-refractivity contribution in [2.75, 3.05) is 26.4 Å². The summed E-state index contributed by atoms with van der Waals surface area (Å²) in [7, 11) is -4.38. The molecule has 0 saturated heterocycles. The van der Waals surface area contributed by atoms with Gasteiger partial charge in [0.1, 0.15) is 6.61 Å². The third-order valence-corrected chi connectivity index (χ3v) is 15.5. The van der Waals surface area contributed by atoms with Gasteiger partial charge < -0.3 is 20.1 Å². The zero-order chi connectivity index (χ0) is 51.7. The van der Waals surface area contributed by atoms with Crippen LogP contribution in [-0.4, -0.2) is 49.3 Å². The molecule has 0 rings (SSSR count). The number of carbonyl (C=O) groups is 2. The Bertz CT molecular complexity index is 1130. The first-order valence-corrected chi connectivity index (χ1v) is 33.0. The van der Waals surface area contributed by atoms with Gasteiger partial charge in [-0.05, 0) is 12.8 Å². The Hall–Kier alpha value is -0.990. The van der Waals surface area contributed by atoms with Gasteiger partial charge in [0.25, 0.3) is 0 Å². The van der Waals surface area contributed by atoms with Gasteiger partial charge in [-0.25, -0.2) is 4.57 Å². The second-order valence-corrected chi connectivity index (χ2v) is 23.1. The summed E-state index contributed by atoms with van der Waals surface area (Å²) in [6.07, 6.45) is 66.4. The Kier molecular flexibility index (Phi) is 57.5. The fourth-order valence-electron chi connectivity index (χ4n) is 9.82. The number of hydrogen-bond acceptors (Lipinski definition) is 8. The number of ether oxygens (including phenoxy) is 2. The largest absolute Gasteiger partial charge is 0.472 e. The molecule has 424 valence electrons. The fraction of sp³-hybridized carbons (Fsp3) is 0.967. The molecule has 0 bridgehead atoms. The molecule has 0 radical (unpaired) electrons. The number of hydrogen-bond donors (Lipinski definition) is 2. The highest BCUT2D eigenvalue weighted by molar-refractivity contribution is 7.47. The van der Waals surface area contributed by atoms with E-state index in [9.17, 15) is 19.0 Å². The van der Waals surface area contributed by atoms with Crippen molar-refractivity contribution in [3.8, 4) is 0 Å². The first-order chi connectivity index (χ1) is 34.8. The van der Waals surface area contributed by atoms with Gasteiger partial charge in [0.2, 0.25) is 0 Å². The Morgan fingerprint density at radius 2 is 0.606 bits per heavy atom. The number of unbranched alkanes of at least 4 members (excludes halogenated alkanes) is 48. The van der Waals surface area contributed by atoms with Crippen molar-refractivity contribution in [1.82, 2.24) is 0 Å². The average Bonchev–Trinajstić information content (AvgIpc) is 3.36. The Labute approximate surface area is 441 Å². The maximum atomic E-state index is 12.7. The lowest BCUT2D eigenvalue weighted by Gasteiger charge is -2.19. The average molecular weight is 1030 g/mol. The van der Waals surface area contributed by atoms with Gasteiger partial charge in [0, 0.05) is 19.4 Å². The van der Waals surface area contributed by atoms with Gasteiger partial charge in [-0.2, -0.15) is 0 Å². The molecule has 0 fully saturated rings. The van der Waals surface area contributed by atoms with Crippen molar-refractivity contribution in [1.29, 1.82) is 0 Å². The third kappa shape index (κ3) is 58.1.